The van der Waals surface area contributed by atoms with Crippen LogP contribution in [-0.4, -0.2) is 34.8 Å². The predicted octanol–water partition coefficient (Wildman–Crippen LogP) is 4.02. The Morgan fingerprint density at radius 1 is 1.39 bits per heavy atom. The highest BCUT2D eigenvalue weighted by atomic mass is 19.1. The van der Waals surface area contributed by atoms with Crippen LogP contribution in [0.25, 0.3) is 17.0 Å². The van der Waals surface area contributed by atoms with E-state index in [9.17, 15) is 14.7 Å². The van der Waals surface area contributed by atoms with E-state index < -0.39 is 17.2 Å². The van der Waals surface area contributed by atoms with Gasteiger partial charge in [-0.3, -0.25) is 4.79 Å². The molecule has 3 unspecified atom stereocenters. The van der Waals surface area contributed by atoms with E-state index in [1.165, 1.54) is 12.3 Å². The van der Waals surface area contributed by atoms with Crippen LogP contribution in [0.1, 0.15) is 61.5 Å². The Balaban J connectivity index is 2.01. The summed E-state index contributed by atoms with van der Waals surface area (Å²) < 4.78 is 17.3. The first-order chi connectivity index (χ1) is 14.8. The summed E-state index contributed by atoms with van der Waals surface area (Å²) in [6, 6.07) is 1.27. The predicted molar refractivity (Wildman–Crippen MR) is 121 cm³/mol. The van der Waals surface area contributed by atoms with Crippen molar-refractivity contribution in [1.29, 1.82) is 0 Å². The number of aromatic nitrogens is 1. The molecular formula is C24H30FN3O3. The lowest BCUT2D eigenvalue weighted by atomic mass is 10.00. The van der Waals surface area contributed by atoms with Gasteiger partial charge in [-0.05, 0) is 50.5 Å². The van der Waals surface area contributed by atoms with Crippen molar-refractivity contribution in [3.63, 3.8) is 0 Å². The minimum absolute atomic E-state index is 0.0105. The molecule has 2 aromatic rings. The van der Waals surface area contributed by atoms with Gasteiger partial charge < -0.3 is 20.3 Å². The number of anilines is 1. The first kappa shape index (κ1) is 21.6. The molecule has 1 aliphatic heterocycles. The van der Waals surface area contributed by atoms with Crippen LogP contribution in [0, 0.1) is 17.7 Å². The molecule has 0 spiro atoms. The van der Waals surface area contributed by atoms with Crippen molar-refractivity contribution in [2.45, 2.75) is 51.6 Å². The van der Waals surface area contributed by atoms with Crippen LogP contribution in [-0.2, 0) is 0 Å². The number of rotatable bonds is 7. The van der Waals surface area contributed by atoms with Crippen LogP contribution in [0.2, 0.25) is 0 Å². The number of nitrogens with zero attached hydrogens (tertiary/aromatic N) is 2. The minimum Gasteiger partial charge on any atom is -0.477 e. The maximum Gasteiger partial charge on any atom is 0.341 e. The number of hydrogen-bond acceptors (Lipinski definition) is 4. The van der Waals surface area contributed by atoms with Gasteiger partial charge in [0.1, 0.15) is 11.4 Å². The lowest BCUT2D eigenvalue weighted by Gasteiger charge is -2.27. The Morgan fingerprint density at radius 2 is 2.10 bits per heavy atom. The van der Waals surface area contributed by atoms with Crippen LogP contribution in [0.4, 0.5) is 10.1 Å². The van der Waals surface area contributed by atoms with Crippen LogP contribution in [0.15, 0.2) is 23.6 Å². The summed E-state index contributed by atoms with van der Waals surface area (Å²) in [5.41, 5.74) is 6.64. The monoisotopic (exact) mass is 427 g/mol. The van der Waals surface area contributed by atoms with Crippen LogP contribution in [0.3, 0.4) is 0 Å². The van der Waals surface area contributed by atoms with Crippen molar-refractivity contribution in [3.8, 4) is 0 Å². The number of hydrogen-bond donors (Lipinski definition) is 2. The van der Waals surface area contributed by atoms with Gasteiger partial charge in [-0.1, -0.05) is 19.6 Å². The molecule has 7 heteroatoms. The second-order valence-electron chi connectivity index (χ2n) is 8.97. The summed E-state index contributed by atoms with van der Waals surface area (Å²) in [7, 11) is 0. The van der Waals surface area contributed by atoms with E-state index in [-0.39, 0.29) is 29.0 Å². The highest BCUT2D eigenvalue weighted by Crippen LogP contribution is 2.44. The summed E-state index contributed by atoms with van der Waals surface area (Å²) in [5, 5.41) is 9.71. The van der Waals surface area contributed by atoms with Crippen molar-refractivity contribution in [3.05, 3.63) is 46.0 Å². The molecule has 2 fully saturated rings. The van der Waals surface area contributed by atoms with E-state index >= 15 is 4.39 Å². The largest absolute Gasteiger partial charge is 0.477 e. The van der Waals surface area contributed by atoms with E-state index in [2.05, 4.69) is 13.5 Å². The second kappa shape index (κ2) is 8.11. The molecule has 0 amide bonds. The van der Waals surface area contributed by atoms with Gasteiger partial charge >= 0.3 is 5.97 Å². The normalized spacial score (nSPS) is 20.8. The number of benzene rings is 1. The van der Waals surface area contributed by atoms with Gasteiger partial charge in [-0.25, -0.2) is 9.18 Å². The van der Waals surface area contributed by atoms with Crippen molar-refractivity contribution >= 4 is 28.6 Å². The number of fused-ring (bicyclic) bond motifs is 1. The number of pyridine rings is 1. The molecule has 1 aliphatic carbocycles. The maximum absolute atomic E-state index is 15.4. The third kappa shape index (κ3) is 3.65. The van der Waals surface area contributed by atoms with E-state index in [0.717, 1.165) is 25.7 Å². The van der Waals surface area contributed by atoms with E-state index in [1.54, 1.807) is 6.08 Å². The highest BCUT2D eigenvalue weighted by Gasteiger charge is 2.34. The summed E-state index contributed by atoms with van der Waals surface area (Å²) in [5.74, 6) is -1.13. The highest BCUT2D eigenvalue weighted by molar-refractivity contribution is 5.98. The number of carboxylic acid groups (broad SMARTS) is 1. The zero-order valence-corrected chi connectivity index (χ0v) is 18.1. The number of nitrogens with two attached hydrogens (primary N) is 1. The molecule has 166 valence electrons. The molecule has 1 saturated heterocycles. The Bertz CT molecular complexity index is 1100. The van der Waals surface area contributed by atoms with Crippen molar-refractivity contribution < 1.29 is 14.3 Å². The minimum atomic E-state index is -1.30. The Kier molecular flexibility index (Phi) is 5.64. The van der Waals surface area contributed by atoms with Crippen LogP contribution >= 0.6 is 0 Å². The molecule has 3 N–H and O–H groups in total. The van der Waals surface area contributed by atoms with Gasteiger partial charge in [-0.2, -0.15) is 0 Å². The molecule has 4 rings (SSSR count). The van der Waals surface area contributed by atoms with Gasteiger partial charge in [0.05, 0.1) is 16.6 Å². The third-order valence-corrected chi connectivity index (χ3v) is 6.94. The van der Waals surface area contributed by atoms with E-state index in [0.29, 0.717) is 35.8 Å². The lowest BCUT2D eigenvalue weighted by molar-refractivity contribution is 0.0694. The number of carbonyl (C=O) groups is 1. The van der Waals surface area contributed by atoms with Crippen LogP contribution < -0.4 is 16.1 Å². The van der Waals surface area contributed by atoms with Crippen molar-refractivity contribution in [2.75, 3.05) is 18.0 Å². The standard InChI is InChI=1S/C24H30FN3O3/c1-4-16-21-17(10-19(25)22(16)27-9-8-15(11-27)13(3)26)23(29)18(24(30)31)12-28(21)20(5-2)14-6-7-14/h4,10,12-15,20H,1,5-9,11,26H2,2-3H3,(H,30,31). The molecule has 3 atom stereocenters. The molecule has 2 aliphatic rings. The maximum atomic E-state index is 15.4. The number of aromatic carboxylic acids is 1. The third-order valence-electron chi connectivity index (χ3n) is 6.94. The quantitative estimate of drug-likeness (QED) is 0.697. The van der Waals surface area contributed by atoms with Crippen molar-refractivity contribution in [1.82, 2.24) is 4.57 Å². The number of carboxylic acids is 1. The van der Waals surface area contributed by atoms with Crippen molar-refractivity contribution in [2.24, 2.45) is 17.6 Å². The molecule has 1 saturated carbocycles. The number of halogens is 1. The molecule has 31 heavy (non-hydrogen) atoms. The topological polar surface area (TPSA) is 88.6 Å². The first-order valence-corrected chi connectivity index (χ1v) is 11.1. The molecule has 0 radical (unpaired) electrons. The molecule has 1 aromatic heterocycles. The summed E-state index contributed by atoms with van der Waals surface area (Å²) in [6.45, 7) is 9.26. The van der Waals surface area contributed by atoms with Gasteiger partial charge in [0.15, 0.2) is 0 Å². The molecule has 0 bridgehead atoms. The molecule has 1 aromatic carbocycles. The SMILES string of the molecule is C=Cc1c(N2CCC(C(C)N)C2)c(F)cc2c(=O)c(C(=O)O)cn(C(CC)C3CC3)c12. The molecule has 6 nitrogen and oxygen atoms in total. The van der Waals surface area contributed by atoms with Gasteiger partial charge in [0.2, 0.25) is 5.43 Å². The average Bonchev–Trinajstić information content (AvgIpc) is 3.44. The zero-order chi connectivity index (χ0) is 22.4. The first-order valence-electron chi connectivity index (χ1n) is 11.1. The Hall–Kier alpha value is -2.67. The lowest BCUT2D eigenvalue weighted by Crippen LogP contribution is -2.30. The summed E-state index contributed by atoms with van der Waals surface area (Å²) in [4.78, 5) is 26.8. The van der Waals surface area contributed by atoms with Crippen LogP contribution in [0.5, 0.6) is 0 Å². The smallest absolute Gasteiger partial charge is 0.341 e. The van der Waals surface area contributed by atoms with Gasteiger partial charge in [0.25, 0.3) is 0 Å². The molecular weight excluding hydrogens is 397 g/mol. The fourth-order valence-electron chi connectivity index (χ4n) is 5.09. The summed E-state index contributed by atoms with van der Waals surface area (Å²) in [6.07, 6.45) is 6.83. The average molecular weight is 428 g/mol. The van der Waals surface area contributed by atoms with E-state index in [4.69, 9.17) is 5.73 Å². The Morgan fingerprint density at radius 3 is 2.61 bits per heavy atom. The van der Waals surface area contributed by atoms with Gasteiger partial charge in [-0.15, -0.1) is 0 Å². The fourth-order valence-corrected chi connectivity index (χ4v) is 5.09. The molecule has 2 heterocycles. The van der Waals surface area contributed by atoms with E-state index in [1.807, 2.05) is 16.4 Å². The van der Waals surface area contributed by atoms with Gasteiger partial charge in [0, 0.05) is 36.9 Å². The Labute approximate surface area is 181 Å². The fraction of sp³-hybridized carbons (Fsp3) is 0.500. The zero-order valence-electron chi connectivity index (χ0n) is 18.1. The second-order valence-corrected chi connectivity index (χ2v) is 8.97. The summed E-state index contributed by atoms with van der Waals surface area (Å²) >= 11 is 0.